The number of methoxy groups -OCH3 is 1. The molecule has 0 aliphatic rings. The van der Waals surface area contributed by atoms with Crippen LogP contribution in [0.25, 0.3) is 10.6 Å². The predicted molar refractivity (Wildman–Crippen MR) is 76.0 cm³/mol. The molecule has 0 spiro atoms. The molecule has 0 bridgehead atoms. The summed E-state index contributed by atoms with van der Waals surface area (Å²) in [7, 11) is 2.80. The van der Waals surface area contributed by atoms with Crippen LogP contribution in [0.4, 0.5) is 0 Å². The third-order valence-corrected chi connectivity index (χ3v) is 3.88. The lowest BCUT2D eigenvalue weighted by atomic mass is 10.2. The molecular formula is C12H15N5O3S. The molecule has 21 heavy (non-hydrogen) atoms. The molecule has 2 aromatic rings. The number of nitrogens with one attached hydrogen (secondary N) is 1. The Morgan fingerprint density at radius 2 is 2.10 bits per heavy atom. The molecule has 0 unspecified atom stereocenters. The molecule has 1 amide bonds. The Hall–Kier alpha value is -2.29. The van der Waals surface area contributed by atoms with Gasteiger partial charge in [-0.1, -0.05) is 5.21 Å². The fraction of sp³-hybridized carbons (Fsp3) is 0.417. The van der Waals surface area contributed by atoms with Crippen LogP contribution < -0.4 is 5.32 Å². The van der Waals surface area contributed by atoms with Crippen LogP contribution in [0.15, 0.2) is 0 Å². The predicted octanol–water partition coefficient (Wildman–Crippen LogP) is 0.551. The van der Waals surface area contributed by atoms with E-state index in [1.165, 1.54) is 30.2 Å². The van der Waals surface area contributed by atoms with E-state index in [4.69, 9.17) is 4.74 Å². The number of carbonyl (C=O) groups is 2. The summed E-state index contributed by atoms with van der Waals surface area (Å²) >= 11 is 1.41. The molecule has 1 N–H and O–H groups in total. The summed E-state index contributed by atoms with van der Waals surface area (Å²) in [6.07, 6.45) is 0. The smallest absolute Gasteiger partial charge is 0.360 e. The Morgan fingerprint density at radius 3 is 2.62 bits per heavy atom. The number of rotatable bonds is 4. The third kappa shape index (κ3) is 2.92. The standard InChI is InChI=1S/C12H15N5O3S/c1-6-11(21-7(2)14-6)10-9(12(19)20-4)15-16-17(10)5-8(18)13-3/h5H2,1-4H3,(H,13,18). The van der Waals surface area contributed by atoms with Crippen molar-refractivity contribution >= 4 is 23.2 Å². The maximum atomic E-state index is 11.8. The van der Waals surface area contributed by atoms with Crippen LogP contribution in [0.3, 0.4) is 0 Å². The molecule has 2 rings (SSSR count). The fourth-order valence-corrected chi connectivity index (χ4v) is 2.82. The molecule has 0 fully saturated rings. The summed E-state index contributed by atoms with van der Waals surface area (Å²) in [6.45, 7) is 3.66. The molecule has 0 aromatic carbocycles. The van der Waals surface area contributed by atoms with Crippen molar-refractivity contribution in [2.45, 2.75) is 20.4 Å². The second-order valence-corrected chi connectivity index (χ2v) is 5.46. The van der Waals surface area contributed by atoms with Gasteiger partial charge in [-0.2, -0.15) is 0 Å². The molecule has 9 heteroatoms. The summed E-state index contributed by atoms with van der Waals surface area (Å²) < 4.78 is 6.10. The van der Waals surface area contributed by atoms with Gasteiger partial charge in [-0.15, -0.1) is 16.4 Å². The molecule has 2 heterocycles. The van der Waals surface area contributed by atoms with Crippen molar-refractivity contribution in [2.24, 2.45) is 0 Å². The Kier molecular flexibility index (Phi) is 4.32. The summed E-state index contributed by atoms with van der Waals surface area (Å²) in [5.41, 5.74) is 1.28. The zero-order valence-electron chi connectivity index (χ0n) is 12.1. The van der Waals surface area contributed by atoms with Gasteiger partial charge in [0.15, 0.2) is 5.69 Å². The minimum Gasteiger partial charge on any atom is -0.464 e. The van der Waals surface area contributed by atoms with Crippen molar-refractivity contribution in [1.82, 2.24) is 25.3 Å². The molecular weight excluding hydrogens is 294 g/mol. The number of amides is 1. The van der Waals surface area contributed by atoms with Crippen molar-refractivity contribution < 1.29 is 14.3 Å². The Morgan fingerprint density at radius 1 is 1.38 bits per heavy atom. The van der Waals surface area contributed by atoms with Crippen molar-refractivity contribution in [3.05, 3.63) is 16.4 Å². The van der Waals surface area contributed by atoms with E-state index in [-0.39, 0.29) is 18.1 Å². The average molecular weight is 309 g/mol. The molecule has 0 radical (unpaired) electrons. The van der Waals surface area contributed by atoms with Crippen molar-refractivity contribution in [2.75, 3.05) is 14.2 Å². The topological polar surface area (TPSA) is 99.0 Å². The van der Waals surface area contributed by atoms with Gasteiger partial charge in [-0.25, -0.2) is 14.5 Å². The van der Waals surface area contributed by atoms with E-state index in [0.717, 1.165) is 15.6 Å². The molecule has 112 valence electrons. The molecule has 0 saturated heterocycles. The Labute approximate surface area is 125 Å². The van der Waals surface area contributed by atoms with E-state index < -0.39 is 5.97 Å². The zero-order valence-corrected chi connectivity index (χ0v) is 12.9. The van der Waals surface area contributed by atoms with Gasteiger partial charge in [0.2, 0.25) is 5.91 Å². The Balaban J connectivity index is 2.58. The second-order valence-electron chi connectivity index (χ2n) is 4.26. The lowest BCUT2D eigenvalue weighted by Gasteiger charge is -2.05. The maximum absolute atomic E-state index is 11.8. The highest BCUT2D eigenvalue weighted by Gasteiger charge is 2.25. The third-order valence-electron chi connectivity index (χ3n) is 2.80. The number of ether oxygens (including phenoxy) is 1. The second kappa shape index (κ2) is 6.00. The highest BCUT2D eigenvalue weighted by molar-refractivity contribution is 7.15. The van der Waals surface area contributed by atoms with E-state index in [2.05, 4.69) is 20.6 Å². The van der Waals surface area contributed by atoms with Gasteiger partial charge in [-0.05, 0) is 13.8 Å². The Bertz CT molecular complexity index is 691. The zero-order chi connectivity index (χ0) is 15.6. The number of hydrogen-bond donors (Lipinski definition) is 1. The molecule has 2 aromatic heterocycles. The number of aromatic nitrogens is 4. The van der Waals surface area contributed by atoms with E-state index >= 15 is 0 Å². The lowest BCUT2D eigenvalue weighted by Crippen LogP contribution is -2.24. The quantitative estimate of drug-likeness (QED) is 0.828. The van der Waals surface area contributed by atoms with Crippen molar-refractivity contribution in [3.63, 3.8) is 0 Å². The van der Waals surface area contributed by atoms with Crippen molar-refractivity contribution in [1.29, 1.82) is 0 Å². The summed E-state index contributed by atoms with van der Waals surface area (Å²) in [5.74, 6) is -0.838. The molecule has 0 aliphatic heterocycles. The normalized spacial score (nSPS) is 10.5. The first-order valence-electron chi connectivity index (χ1n) is 6.14. The minimum atomic E-state index is -0.599. The van der Waals surface area contributed by atoms with Gasteiger partial charge in [-0.3, -0.25) is 4.79 Å². The van der Waals surface area contributed by atoms with E-state index in [1.807, 2.05) is 13.8 Å². The summed E-state index contributed by atoms with van der Waals surface area (Å²) in [5, 5.41) is 11.1. The van der Waals surface area contributed by atoms with Gasteiger partial charge in [0, 0.05) is 7.05 Å². The summed E-state index contributed by atoms with van der Waals surface area (Å²) in [4.78, 5) is 28.5. The van der Waals surface area contributed by atoms with Crippen LogP contribution in [0.1, 0.15) is 21.2 Å². The van der Waals surface area contributed by atoms with Crippen LogP contribution in [-0.4, -0.2) is 46.0 Å². The van der Waals surface area contributed by atoms with Crippen LogP contribution in [0, 0.1) is 13.8 Å². The molecule has 0 aliphatic carbocycles. The van der Waals surface area contributed by atoms with E-state index in [9.17, 15) is 9.59 Å². The molecule has 0 saturated carbocycles. The first-order valence-corrected chi connectivity index (χ1v) is 6.96. The van der Waals surface area contributed by atoms with E-state index in [1.54, 1.807) is 0 Å². The SMILES string of the molecule is CNC(=O)Cn1nnc(C(=O)OC)c1-c1sc(C)nc1C. The number of thiazole rings is 1. The molecule has 8 nitrogen and oxygen atoms in total. The lowest BCUT2D eigenvalue weighted by molar-refractivity contribution is -0.121. The highest BCUT2D eigenvalue weighted by atomic mass is 32.1. The van der Waals surface area contributed by atoms with Crippen LogP contribution in [0.2, 0.25) is 0 Å². The number of nitrogens with zero attached hydrogens (tertiary/aromatic N) is 4. The van der Waals surface area contributed by atoms with Gasteiger partial charge < -0.3 is 10.1 Å². The first kappa shape index (κ1) is 15.1. The number of aryl methyl sites for hydroxylation is 2. The monoisotopic (exact) mass is 309 g/mol. The van der Waals surface area contributed by atoms with Gasteiger partial charge in [0.1, 0.15) is 12.2 Å². The molecule has 0 atom stereocenters. The van der Waals surface area contributed by atoms with Crippen LogP contribution in [0.5, 0.6) is 0 Å². The number of likely N-dealkylation sites (N-methyl/N-ethyl adjacent to an activating group) is 1. The number of carbonyl (C=O) groups excluding carboxylic acids is 2. The van der Waals surface area contributed by atoms with Crippen LogP contribution in [-0.2, 0) is 16.1 Å². The fourth-order valence-electron chi connectivity index (χ4n) is 1.85. The number of hydrogen-bond acceptors (Lipinski definition) is 7. The average Bonchev–Trinajstić information content (AvgIpc) is 3.00. The minimum absolute atomic E-state index is 0.0355. The van der Waals surface area contributed by atoms with Gasteiger partial charge in [0.25, 0.3) is 0 Å². The largest absolute Gasteiger partial charge is 0.464 e. The maximum Gasteiger partial charge on any atom is 0.360 e. The van der Waals surface area contributed by atoms with Crippen molar-refractivity contribution in [3.8, 4) is 10.6 Å². The van der Waals surface area contributed by atoms with Gasteiger partial charge >= 0.3 is 5.97 Å². The highest BCUT2D eigenvalue weighted by Crippen LogP contribution is 2.31. The number of esters is 1. The van der Waals surface area contributed by atoms with Crippen LogP contribution >= 0.6 is 11.3 Å². The van der Waals surface area contributed by atoms with Gasteiger partial charge in [0.05, 0.1) is 22.7 Å². The first-order chi connectivity index (χ1) is 9.97. The summed E-state index contributed by atoms with van der Waals surface area (Å²) in [6, 6.07) is 0. The van der Waals surface area contributed by atoms with E-state index in [0.29, 0.717) is 5.69 Å².